The summed E-state index contributed by atoms with van der Waals surface area (Å²) in [5.74, 6) is -2.97. The molecule has 186 valence electrons. The summed E-state index contributed by atoms with van der Waals surface area (Å²) in [5, 5.41) is 12.7. The van der Waals surface area contributed by atoms with Crippen LogP contribution in [0.3, 0.4) is 0 Å². The van der Waals surface area contributed by atoms with Gasteiger partial charge in [-0.15, -0.1) is 5.10 Å². The van der Waals surface area contributed by atoms with Gasteiger partial charge in [0.2, 0.25) is 5.69 Å². The summed E-state index contributed by atoms with van der Waals surface area (Å²) < 4.78 is 34.4. The van der Waals surface area contributed by atoms with Crippen molar-refractivity contribution in [3.63, 3.8) is 0 Å². The average Bonchev–Trinajstić information content (AvgIpc) is 2.80. The van der Waals surface area contributed by atoms with Crippen LogP contribution in [0.1, 0.15) is 43.0 Å². The summed E-state index contributed by atoms with van der Waals surface area (Å²) in [7, 11) is 0. The molecular weight excluding hydrogens is 517 g/mol. The SMILES string of the molecule is CCC(=O)C1(c2cc(Oc3c(Cl)cc(-n4nc(C#N)c(=O)[nH]c4=O)cc3Cl)ccc2C)CC(F)(F)C1. The molecule has 0 spiro atoms. The molecule has 1 aromatic heterocycles. The van der Waals surface area contributed by atoms with Crippen molar-refractivity contribution in [2.75, 3.05) is 0 Å². The topological polar surface area (TPSA) is 118 Å². The highest BCUT2D eigenvalue weighted by Crippen LogP contribution is 2.55. The van der Waals surface area contributed by atoms with Crippen LogP contribution in [0.25, 0.3) is 5.69 Å². The van der Waals surface area contributed by atoms with E-state index in [1.807, 2.05) is 4.98 Å². The first kappa shape index (κ1) is 25.5. The fourth-order valence-corrected chi connectivity index (χ4v) is 4.97. The number of carbonyl (C=O) groups excluding carboxylic acids is 1. The van der Waals surface area contributed by atoms with E-state index >= 15 is 0 Å². The lowest BCUT2D eigenvalue weighted by molar-refractivity contribution is -0.156. The second kappa shape index (κ2) is 9.15. The summed E-state index contributed by atoms with van der Waals surface area (Å²) in [4.78, 5) is 38.5. The number of H-pyrrole nitrogens is 1. The number of hydrogen-bond acceptors (Lipinski definition) is 6. The second-order valence-electron chi connectivity index (χ2n) is 8.52. The van der Waals surface area contributed by atoms with E-state index in [4.69, 9.17) is 33.2 Å². The van der Waals surface area contributed by atoms with Gasteiger partial charge >= 0.3 is 5.69 Å². The number of ketones is 1. The van der Waals surface area contributed by atoms with Crippen molar-refractivity contribution < 1.29 is 18.3 Å². The molecule has 1 N–H and O–H groups in total. The van der Waals surface area contributed by atoms with Crippen molar-refractivity contribution in [2.24, 2.45) is 0 Å². The van der Waals surface area contributed by atoms with Gasteiger partial charge in [0.1, 0.15) is 17.6 Å². The van der Waals surface area contributed by atoms with Crippen LogP contribution in [0.15, 0.2) is 39.9 Å². The predicted molar refractivity (Wildman–Crippen MR) is 128 cm³/mol. The zero-order chi connectivity index (χ0) is 26.4. The monoisotopic (exact) mass is 534 g/mol. The first-order chi connectivity index (χ1) is 16.9. The number of aromatic amines is 1. The van der Waals surface area contributed by atoms with E-state index in [1.165, 1.54) is 18.2 Å². The van der Waals surface area contributed by atoms with Crippen LogP contribution in [0.2, 0.25) is 10.0 Å². The van der Waals surface area contributed by atoms with Crippen molar-refractivity contribution in [1.29, 1.82) is 5.26 Å². The van der Waals surface area contributed by atoms with Crippen molar-refractivity contribution in [2.45, 2.75) is 44.4 Å². The molecule has 0 unspecified atom stereocenters. The standard InChI is InChI=1S/C24H18Cl2F2N4O4/c1-3-19(33)23(10-24(27,28)11-23)15-8-14(5-4-12(15)2)36-20-16(25)6-13(7-17(20)26)32-22(35)30-21(34)18(9-29)31-32/h4-8H,3,10-11H2,1-2H3,(H,30,34,35). The number of halogens is 4. The number of rotatable bonds is 6. The van der Waals surface area contributed by atoms with E-state index in [0.717, 1.165) is 4.68 Å². The maximum Gasteiger partial charge on any atom is 0.349 e. The van der Waals surface area contributed by atoms with Crippen molar-refractivity contribution in [1.82, 2.24) is 14.8 Å². The number of benzene rings is 2. The quantitative estimate of drug-likeness (QED) is 0.483. The molecule has 1 heterocycles. The lowest BCUT2D eigenvalue weighted by Crippen LogP contribution is -2.54. The normalized spacial score (nSPS) is 15.6. The minimum atomic E-state index is -2.92. The fourth-order valence-electron chi connectivity index (χ4n) is 4.42. The van der Waals surface area contributed by atoms with E-state index < -0.39 is 41.1 Å². The largest absolute Gasteiger partial charge is 0.454 e. The number of alkyl halides is 2. The molecule has 0 saturated heterocycles. The molecule has 1 aliphatic rings. The Morgan fingerprint density at radius 1 is 1.22 bits per heavy atom. The van der Waals surface area contributed by atoms with Crippen LogP contribution in [0, 0.1) is 18.3 Å². The minimum Gasteiger partial charge on any atom is -0.454 e. The zero-order valence-electron chi connectivity index (χ0n) is 19.0. The molecule has 4 rings (SSSR count). The van der Waals surface area contributed by atoms with E-state index in [1.54, 1.807) is 32.0 Å². The van der Waals surface area contributed by atoms with Gasteiger partial charge in [-0.3, -0.25) is 14.6 Å². The van der Waals surface area contributed by atoms with Gasteiger partial charge in [0.25, 0.3) is 11.5 Å². The molecule has 1 saturated carbocycles. The number of hydrogen-bond donors (Lipinski definition) is 1. The maximum absolute atomic E-state index is 13.9. The van der Waals surface area contributed by atoms with Crippen LogP contribution in [-0.4, -0.2) is 26.5 Å². The first-order valence-corrected chi connectivity index (χ1v) is 11.5. The van der Waals surface area contributed by atoms with Crippen molar-refractivity contribution in [3.05, 3.63) is 78.0 Å². The number of nitrogens with one attached hydrogen (secondary N) is 1. The summed E-state index contributed by atoms with van der Waals surface area (Å²) in [5.41, 5.74) is -2.50. The van der Waals surface area contributed by atoms with Gasteiger partial charge in [-0.05, 0) is 42.3 Å². The third kappa shape index (κ3) is 4.40. The Bertz CT molecular complexity index is 1530. The van der Waals surface area contributed by atoms with Gasteiger partial charge in [0.05, 0.1) is 21.1 Å². The second-order valence-corrected chi connectivity index (χ2v) is 9.33. The zero-order valence-corrected chi connectivity index (χ0v) is 20.5. The number of Topliss-reactive ketones (excluding diaryl/α,β-unsaturated/α-hetero) is 1. The van der Waals surface area contributed by atoms with Crippen molar-refractivity contribution >= 4 is 29.0 Å². The van der Waals surface area contributed by atoms with E-state index in [-0.39, 0.29) is 39.4 Å². The van der Waals surface area contributed by atoms with Gasteiger partial charge in [-0.25, -0.2) is 13.6 Å². The lowest BCUT2D eigenvalue weighted by atomic mass is 9.58. The number of ether oxygens (including phenoxy) is 1. The van der Waals surface area contributed by atoms with Gasteiger partial charge in [0, 0.05) is 19.3 Å². The first-order valence-electron chi connectivity index (χ1n) is 10.7. The molecule has 0 amide bonds. The Kier molecular flexibility index (Phi) is 6.49. The van der Waals surface area contributed by atoms with E-state index in [0.29, 0.717) is 11.1 Å². The maximum atomic E-state index is 13.9. The predicted octanol–water partition coefficient (Wildman–Crippen LogP) is 4.85. The fraction of sp³-hybridized carbons (Fsp3) is 0.292. The third-order valence-corrected chi connectivity index (χ3v) is 6.64. The van der Waals surface area contributed by atoms with Gasteiger partial charge < -0.3 is 4.74 Å². The van der Waals surface area contributed by atoms with E-state index in [2.05, 4.69) is 5.10 Å². The molecule has 2 aromatic carbocycles. The number of nitriles is 1. The molecule has 12 heteroatoms. The smallest absolute Gasteiger partial charge is 0.349 e. The molecule has 0 radical (unpaired) electrons. The van der Waals surface area contributed by atoms with Crippen molar-refractivity contribution in [3.8, 4) is 23.3 Å². The average molecular weight is 535 g/mol. The minimum absolute atomic E-state index is 0.00433. The Balaban J connectivity index is 1.72. The summed E-state index contributed by atoms with van der Waals surface area (Å²) >= 11 is 12.7. The molecule has 1 aliphatic carbocycles. The Morgan fingerprint density at radius 2 is 1.86 bits per heavy atom. The van der Waals surface area contributed by atoms with Crippen LogP contribution in [0.4, 0.5) is 8.78 Å². The highest BCUT2D eigenvalue weighted by Gasteiger charge is 2.61. The number of aryl methyl sites for hydroxylation is 1. The Morgan fingerprint density at radius 3 is 2.42 bits per heavy atom. The molecular formula is C24H18Cl2F2N4O4. The molecule has 8 nitrogen and oxygen atoms in total. The number of nitrogens with zero attached hydrogens (tertiary/aromatic N) is 3. The Hall–Kier alpha value is -3.55. The molecule has 1 fully saturated rings. The molecule has 0 bridgehead atoms. The van der Waals surface area contributed by atoms with Crippen LogP contribution in [-0.2, 0) is 10.2 Å². The van der Waals surface area contributed by atoms with Gasteiger partial charge in [-0.2, -0.15) is 9.94 Å². The van der Waals surface area contributed by atoms with E-state index in [9.17, 15) is 23.2 Å². The highest BCUT2D eigenvalue weighted by molar-refractivity contribution is 6.37. The number of carbonyl (C=O) groups is 1. The summed E-state index contributed by atoms with van der Waals surface area (Å²) in [6, 6.07) is 8.95. The van der Waals surface area contributed by atoms with Crippen LogP contribution in [0.5, 0.6) is 11.5 Å². The van der Waals surface area contributed by atoms with Gasteiger partial charge in [-0.1, -0.05) is 36.2 Å². The molecule has 36 heavy (non-hydrogen) atoms. The van der Waals surface area contributed by atoms with Crippen LogP contribution >= 0.6 is 23.2 Å². The Labute approximate surface area is 213 Å². The molecule has 0 aliphatic heterocycles. The third-order valence-electron chi connectivity index (χ3n) is 6.08. The van der Waals surface area contributed by atoms with Gasteiger partial charge in [0.15, 0.2) is 5.75 Å². The lowest BCUT2D eigenvalue weighted by Gasteiger charge is -2.47. The molecule has 3 aromatic rings. The number of aromatic nitrogens is 3. The summed E-state index contributed by atoms with van der Waals surface area (Å²) in [6.07, 6.45) is -1.02. The van der Waals surface area contributed by atoms with Crippen LogP contribution < -0.4 is 16.0 Å². The highest BCUT2D eigenvalue weighted by atomic mass is 35.5. The molecule has 0 atom stereocenters. The summed E-state index contributed by atoms with van der Waals surface area (Å²) in [6.45, 7) is 3.37.